The monoisotopic (exact) mass is 240 g/mol. The Morgan fingerprint density at radius 2 is 1.85 bits per heavy atom. The molecule has 0 saturated heterocycles. The standard InChI is InChI=1S/C10H15Cl3/c1-7(2)9(12)6-10(13)8(3)4-5-11/h4,9-10H,1,5-6H2,2-3H3. The molecule has 0 N–H and O–H groups in total. The minimum atomic E-state index is -0.0545. The third kappa shape index (κ3) is 5.61. The first kappa shape index (κ1) is 13.4. The minimum Gasteiger partial charge on any atom is -0.122 e. The fraction of sp³-hybridized carbons (Fsp3) is 0.600. The molecule has 0 saturated carbocycles. The summed E-state index contributed by atoms with van der Waals surface area (Å²) in [6, 6.07) is 0. The molecule has 0 radical (unpaired) electrons. The quantitative estimate of drug-likeness (QED) is 0.496. The molecule has 0 bridgehead atoms. The highest BCUT2D eigenvalue weighted by Gasteiger charge is 2.13. The highest BCUT2D eigenvalue weighted by Crippen LogP contribution is 2.21. The molecule has 0 aliphatic heterocycles. The lowest BCUT2D eigenvalue weighted by molar-refractivity contribution is 0.818. The molecule has 2 unspecified atom stereocenters. The van der Waals surface area contributed by atoms with Crippen molar-refractivity contribution >= 4 is 34.8 Å². The number of halogens is 3. The summed E-state index contributed by atoms with van der Waals surface area (Å²) in [5.41, 5.74) is 2.02. The van der Waals surface area contributed by atoms with Crippen LogP contribution in [-0.4, -0.2) is 16.6 Å². The first-order valence-electron chi connectivity index (χ1n) is 4.15. The van der Waals surface area contributed by atoms with Crippen LogP contribution in [0.3, 0.4) is 0 Å². The van der Waals surface area contributed by atoms with Crippen LogP contribution in [0.25, 0.3) is 0 Å². The normalized spacial score (nSPS) is 16.8. The predicted molar refractivity (Wildman–Crippen MR) is 63.2 cm³/mol. The van der Waals surface area contributed by atoms with Crippen LogP contribution < -0.4 is 0 Å². The zero-order valence-electron chi connectivity index (χ0n) is 7.99. The largest absolute Gasteiger partial charge is 0.122 e. The molecule has 0 aromatic heterocycles. The first-order chi connectivity index (χ1) is 5.99. The molecule has 2 atom stereocenters. The van der Waals surface area contributed by atoms with E-state index in [0.717, 1.165) is 11.1 Å². The summed E-state index contributed by atoms with van der Waals surface area (Å²) in [5.74, 6) is 0.495. The van der Waals surface area contributed by atoms with E-state index in [4.69, 9.17) is 34.8 Å². The zero-order chi connectivity index (χ0) is 10.4. The molecule has 0 aromatic rings. The highest BCUT2D eigenvalue weighted by molar-refractivity contribution is 6.25. The van der Waals surface area contributed by atoms with Crippen LogP contribution in [0.4, 0.5) is 0 Å². The van der Waals surface area contributed by atoms with Crippen molar-refractivity contribution < 1.29 is 0 Å². The van der Waals surface area contributed by atoms with Gasteiger partial charge in [-0.3, -0.25) is 0 Å². The third-order valence-corrected chi connectivity index (χ3v) is 3.07. The Morgan fingerprint density at radius 1 is 1.31 bits per heavy atom. The fourth-order valence-electron chi connectivity index (χ4n) is 0.818. The van der Waals surface area contributed by atoms with Gasteiger partial charge in [-0.2, -0.15) is 0 Å². The van der Waals surface area contributed by atoms with Gasteiger partial charge >= 0.3 is 0 Å². The summed E-state index contributed by atoms with van der Waals surface area (Å²) >= 11 is 17.7. The van der Waals surface area contributed by atoms with Crippen LogP contribution >= 0.6 is 34.8 Å². The van der Waals surface area contributed by atoms with Gasteiger partial charge in [-0.15, -0.1) is 34.8 Å². The van der Waals surface area contributed by atoms with Crippen molar-refractivity contribution in [1.29, 1.82) is 0 Å². The molecule has 0 aliphatic rings. The Bertz CT molecular complexity index is 196. The molecule has 0 heterocycles. The maximum atomic E-state index is 6.10. The van der Waals surface area contributed by atoms with E-state index in [-0.39, 0.29) is 10.8 Å². The zero-order valence-corrected chi connectivity index (χ0v) is 10.3. The smallest absolute Gasteiger partial charge is 0.0560 e. The molecule has 76 valence electrons. The van der Waals surface area contributed by atoms with E-state index in [0.29, 0.717) is 12.3 Å². The number of allylic oxidation sites excluding steroid dienone is 3. The van der Waals surface area contributed by atoms with E-state index >= 15 is 0 Å². The molecule has 0 aromatic carbocycles. The van der Waals surface area contributed by atoms with Gasteiger partial charge in [0.25, 0.3) is 0 Å². The van der Waals surface area contributed by atoms with Crippen molar-refractivity contribution in [3.05, 3.63) is 23.8 Å². The maximum Gasteiger partial charge on any atom is 0.0560 e. The fourth-order valence-corrected chi connectivity index (χ4v) is 1.60. The lowest BCUT2D eigenvalue weighted by Crippen LogP contribution is -2.10. The van der Waals surface area contributed by atoms with Gasteiger partial charge in [0.2, 0.25) is 0 Å². The Labute approximate surface area is 95.6 Å². The van der Waals surface area contributed by atoms with Gasteiger partial charge in [-0.1, -0.05) is 23.8 Å². The number of hydrogen-bond donors (Lipinski definition) is 0. The van der Waals surface area contributed by atoms with Crippen LogP contribution in [0.15, 0.2) is 23.8 Å². The third-order valence-electron chi connectivity index (χ3n) is 1.84. The van der Waals surface area contributed by atoms with Crippen LogP contribution in [-0.2, 0) is 0 Å². The molecule has 3 heteroatoms. The second kappa shape index (κ2) is 6.75. The molecule has 0 aliphatic carbocycles. The van der Waals surface area contributed by atoms with E-state index < -0.39 is 0 Å². The summed E-state index contributed by atoms with van der Waals surface area (Å²) < 4.78 is 0. The van der Waals surface area contributed by atoms with Crippen molar-refractivity contribution in [2.24, 2.45) is 0 Å². The minimum absolute atomic E-state index is 0.0436. The summed E-state index contributed by atoms with van der Waals surface area (Å²) in [4.78, 5) is 0. The van der Waals surface area contributed by atoms with Crippen LogP contribution in [0, 0.1) is 0 Å². The molecular formula is C10H15Cl3. The Hall–Kier alpha value is 0.350. The van der Waals surface area contributed by atoms with Crippen LogP contribution in [0.2, 0.25) is 0 Å². The Kier molecular flexibility index (Phi) is 6.93. The summed E-state index contributed by atoms with van der Waals surface area (Å²) in [6.45, 7) is 7.64. The van der Waals surface area contributed by atoms with Gasteiger partial charge in [0.15, 0.2) is 0 Å². The first-order valence-corrected chi connectivity index (χ1v) is 5.56. The second-order valence-electron chi connectivity index (χ2n) is 3.12. The number of rotatable bonds is 5. The van der Waals surface area contributed by atoms with Crippen molar-refractivity contribution in [3.63, 3.8) is 0 Å². The summed E-state index contributed by atoms with van der Waals surface area (Å²) in [5, 5.41) is -0.0980. The van der Waals surface area contributed by atoms with Gasteiger partial charge in [0, 0.05) is 5.88 Å². The van der Waals surface area contributed by atoms with E-state index in [1.165, 1.54) is 0 Å². The molecule has 13 heavy (non-hydrogen) atoms. The Morgan fingerprint density at radius 3 is 2.23 bits per heavy atom. The average Bonchev–Trinajstić information content (AvgIpc) is 2.04. The molecular weight excluding hydrogens is 226 g/mol. The number of alkyl halides is 3. The second-order valence-corrected chi connectivity index (χ2v) is 4.48. The van der Waals surface area contributed by atoms with Gasteiger partial charge in [-0.25, -0.2) is 0 Å². The molecule has 0 fully saturated rings. The number of hydrogen-bond acceptors (Lipinski definition) is 0. The van der Waals surface area contributed by atoms with Crippen molar-refractivity contribution in [1.82, 2.24) is 0 Å². The summed E-state index contributed by atoms with van der Waals surface area (Å²) in [6.07, 6.45) is 2.61. The molecule has 0 spiro atoms. The summed E-state index contributed by atoms with van der Waals surface area (Å²) in [7, 11) is 0. The van der Waals surface area contributed by atoms with Gasteiger partial charge in [0.1, 0.15) is 0 Å². The van der Waals surface area contributed by atoms with Crippen molar-refractivity contribution in [2.75, 3.05) is 5.88 Å². The molecule has 0 rings (SSSR count). The lowest BCUT2D eigenvalue weighted by atomic mass is 10.1. The predicted octanol–water partition coefficient (Wildman–Crippen LogP) is 4.35. The van der Waals surface area contributed by atoms with Crippen LogP contribution in [0.1, 0.15) is 20.3 Å². The van der Waals surface area contributed by atoms with E-state index in [1.807, 2.05) is 19.9 Å². The Balaban J connectivity index is 4.06. The maximum absolute atomic E-state index is 6.10. The van der Waals surface area contributed by atoms with Crippen molar-refractivity contribution in [3.8, 4) is 0 Å². The van der Waals surface area contributed by atoms with Crippen molar-refractivity contribution in [2.45, 2.75) is 31.0 Å². The van der Waals surface area contributed by atoms with Gasteiger partial charge in [-0.05, 0) is 20.3 Å². The highest BCUT2D eigenvalue weighted by atomic mass is 35.5. The average molecular weight is 242 g/mol. The van der Waals surface area contributed by atoms with E-state index in [1.54, 1.807) is 0 Å². The van der Waals surface area contributed by atoms with E-state index in [9.17, 15) is 0 Å². The SMILES string of the molecule is C=C(C)C(Cl)CC(Cl)C(C)=CCCl. The molecule has 0 amide bonds. The van der Waals surface area contributed by atoms with Gasteiger partial charge < -0.3 is 0 Å². The van der Waals surface area contributed by atoms with E-state index in [2.05, 4.69) is 6.58 Å². The molecule has 0 nitrogen and oxygen atoms in total. The lowest BCUT2D eigenvalue weighted by Gasteiger charge is -2.14. The van der Waals surface area contributed by atoms with Crippen LogP contribution in [0.5, 0.6) is 0 Å². The topological polar surface area (TPSA) is 0 Å². The van der Waals surface area contributed by atoms with Gasteiger partial charge in [0.05, 0.1) is 10.8 Å².